The third-order valence-corrected chi connectivity index (χ3v) is 3.62. The fourth-order valence-corrected chi connectivity index (χ4v) is 2.63. The Hall–Kier alpha value is -2.11. The number of pyridine rings is 1. The van der Waals surface area contributed by atoms with Crippen molar-refractivity contribution in [3.05, 3.63) is 27.0 Å². The van der Waals surface area contributed by atoms with Crippen molar-refractivity contribution >= 4 is 17.6 Å². The Morgan fingerprint density at radius 1 is 1.22 bits per heavy atom. The van der Waals surface area contributed by atoms with Crippen LogP contribution in [-0.4, -0.2) is 34.9 Å². The number of likely N-dealkylation sites (N-methyl/N-ethyl adjacent to an activating group) is 1. The second-order valence-electron chi connectivity index (χ2n) is 4.74. The van der Waals surface area contributed by atoms with Crippen LogP contribution in [0.1, 0.15) is 21.5 Å². The molecule has 2 amide bonds. The van der Waals surface area contributed by atoms with Gasteiger partial charge in [0.2, 0.25) is 5.91 Å². The molecule has 94 valence electrons. The number of aromatic nitrogens is 1. The molecule has 3 rings (SSSR count). The first-order valence-electron chi connectivity index (χ1n) is 5.82. The summed E-state index contributed by atoms with van der Waals surface area (Å²) >= 11 is 0. The minimum atomic E-state index is -0.259. The Kier molecular flexibility index (Phi) is 2.10. The van der Waals surface area contributed by atoms with Crippen molar-refractivity contribution in [2.75, 3.05) is 18.9 Å². The number of nitrogens with zero attached hydrogens (tertiary/aromatic N) is 2. The Morgan fingerprint density at radius 3 is 2.67 bits per heavy atom. The maximum absolute atomic E-state index is 12.1. The normalized spacial score (nSPS) is 17.6. The van der Waals surface area contributed by atoms with Crippen molar-refractivity contribution in [2.45, 2.75) is 19.9 Å². The van der Waals surface area contributed by atoms with Gasteiger partial charge >= 0.3 is 0 Å². The number of anilines is 1. The van der Waals surface area contributed by atoms with Gasteiger partial charge in [-0.2, -0.15) is 0 Å². The Balaban J connectivity index is 2.35. The lowest BCUT2D eigenvalue weighted by Crippen LogP contribution is -2.38. The van der Waals surface area contributed by atoms with E-state index in [-0.39, 0.29) is 23.9 Å². The van der Waals surface area contributed by atoms with Crippen LogP contribution in [0.5, 0.6) is 0 Å². The second kappa shape index (κ2) is 3.44. The largest absolute Gasteiger partial charge is 0.341 e. The summed E-state index contributed by atoms with van der Waals surface area (Å²) in [6.45, 7) is 2.30. The number of hydrogen-bond acceptors (Lipinski definition) is 3. The van der Waals surface area contributed by atoms with Crippen molar-refractivity contribution < 1.29 is 9.59 Å². The van der Waals surface area contributed by atoms with E-state index in [0.29, 0.717) is 29.9 Å². The van der Waals surface area contributed by atoms with Crippen molar-refractivity contribution in [3.63, 3.8) is 0 Å². The van der Waals surface area contributed by atoms with Gasteiger partial charge in [0, 0.05) is 24.7 Å². The topological polar surface area (TPSA) is 71.4 Å². The molecule has 0 radical (unpaired) electrons. The summed E-state index contributed by atoms with van der Waals surface area (Å²) in [7, 11) is 1.72. The summed E-state index contributed by atoms with van der Waals surface area (Å²) in [6.07, 6.45) is 0.661. The van der Waals surface area contributed by atoms with Gasteiger partial charge < -0.3 is 10.2 Å². The van der Waals surface area contributed by atoms with Gasteiger partial charge in [-0.25, -0.2) is 0 Å². The van der Waals surface area contributed by atoms with Crippen LogP contribution in [0, 0.1) is 6.92 Å². The maximum atomic E-state index is 12.1. The molecule has 0 fully saturated rings. The number of amides is 2. The lowest BCUT2D eigenvalue weighted by atomic mass is 9.96. The smallest absolute Gasteiger partial charge is 0.256 e. The molecule has 3 heterocycles. The molecule has 0 saturated carbocycles. The van der Waals surface area contributed by atoms with Crippen LogP contribution in [-0.2, 0) is 17.8 Å². The molecule has 1 N–H and O–H groups in total. The van der Waals surface area contributed by atoms with E-state index in [4.69, 9.17) is 0 Å². The number of carbonyl (C=O) groups excluding carboxylic acids is 2. The molecule has 2 aliphatic rings. The number of nitrogens with one attached hydrogen (secondary N) is 1. The van der Waals surface area contributed by atoms with Crippen molar-refractivity contribution in [1.82, 2.24) is 9.47 Å². The van der Waals surface area contributed by atoms with Gasteiger partial charge in [-0.15, -0.1) is 0 Å². The number of hydrogen-bond donors (Lipinski definition) is 1. The van der Waals surface area contributed by atoms with Crippen LogP contribution in [0.2, 0.25) is 0 Å². The highest BCUT2D eigenvalue weighted by Crippen LogP contribution is 2.28. The second-order valence-corrected chi connectivity index (χ2v) is 4.74. The lowest BCUT2D eigenvalue weighted by Gasteiger charge is -2.27. The quantitative estimate of drug-likeness (QED) is 0.686. The molecule has 0 aromatic carbocycles. The Labute approximate surface area is 103 Å². The predicted molar refractivity (Wildman–Crippen MR) is 64.7 cm³/mol. The van der Waals surface area contributed by atoms with Gasteiger partial charge in [0.25, 0.3) is 11.5 Å². The van der Waals surface area contributed by atoms with E-state index in [0.717, 1.165) is 5.56 Å². The van der Waals surface area contributed by atoms with E-state index in [1.165, 1.54) is 4.57 Å². The lowest BCUT2D eigenvalue weighted by molar-refractivity contribution is -0.115. The van der Waals surface area contributed by atoms with Gasteiger partial charge in [0.1, 0.15) is 12.4 Å². The summed E-state index contributed by atoms with van der Waals surface area (Å²) in [5.41, 5.74) is 1.43. The third-order valence-electron chi connectivity index (χ3n) is 3.62. The zero-order valence-electron chi connectivity index (χ0n) is 10.2. The Morgan fingerprint density at radius 2 is 1.94 bits per heavy atom. The molecule has 0 atom stereocenters. The van der Waals surface area contributed by atoms with E-state index in [9.17, 15) is 14.4 Å². The molecule has 6 heteroatoms. The van der Waals surface area contributed by atoms with Gasteiger partial charge in [0.05, 0.1) is 5.56 Å². The Bertz CT molecular complexity index is 645. The summed E-state index contributed by atoms with van der Waals surface area (Å²) in [5.74, 6) is 0.161. The predicted octanol–water partition coefficient (Wildman–Crippen LogP) is -0.263. The highest BCUT2D eigenvalue weighted by atomic mass is 16.2. The van der Waals surface area contributed by atoms with Crippen molar-refractivity contribution in [1.29, 1.82) is 0 Å². The molecule has 0 unspecified atom stereocenters. The van der Waals surface area contributed by atoms with E-state index >= 15 is 0 Å². The van der Waals surface area contributed by atoms with Crippen LogP contribution < -0.4 is 10.9 Å². The minimum absolute atomic E-state index is 0.0479. The SMILES string of the molecule is Cc1c2c(c3n(c1=O)CC(=O)N3)CCN(C)C2=O. The van der Waals surface area contributed by atoms with Crippen LogP contribution in [0.25, 0.3) is 0 Å². The first-order chi connectivity index (χ1) is 8.50. The number of rotatable bonds is 0. The van der Waals surface area contributed by atoms with Crippen LogP contribution in [0.4, 0.5) is 5.82 Å². The van der Waals surface area contributed by atoms with Crippen LogP contribution >= 0.6 is 0 Å². The molecule has 2 aliphatic heterocycles. The molecule has 18 heavy (non-hydrogen) atoms. The van der Waals surface area contributed by atoms with E-state index < -0.39 is 0 Å². The van der Waals surface area contributed by atoms with Gasteiger partial charge in [0.15, 0.2) is 0 Å². The van der Waals surface area contributed by atoms with Crippen molar-refractivity contribution in [2.24, 2.45) is 0 Å². The minimum Gasteiger partial charge on any atom is -0.341 e. The van der Waals surface area contributed by atoms with Gasteiger partial charge in [-0.05, 0) is 13.3 Å². The standard InChI is InChI=1S/C12H13N3O3/c1-6-9-7(3-4-14(2)12(9)18)10-13-8(16)5-15(10)11(6)17/h3-5H2,1-2H3,(H,13,16). The maximum Gasteiger partial charge on any atom is 0.256 e. The summed E-state index contributed by atoms with van der Waals surface area (Å²) in [6, 6.07) is 0. The summed E-state index contributed by atoms with van der Waals surface area (Å²) < 4.78 is 1.43. The average Bonchev–Trinajstić information content (AvgIpc) is 2.72. The molecule has 6 nitrogen and oxygen atoms in total. The average molecular weight is 247 g/mol. The first-order valence-corrected chi connectivity index (χ1v) is 5.82. The highest BCUT2D eigenvalue weighted by molar-refractivity contribution is 6.02. The molecule has 1 aromatic heterocycles. The summed E-state index contributed by atoms with van der Waals surface area (Å²) in [5, 5.41) is 2.68. The summed E-state index contributed by atoms with van der Waals surface area (Å²) in [4.78, 5) is 37.3. The monoisotopic (exact) mass is 247 g/mol. The van der Waals surface area contributed by atoms with E-state index in [2.05, 4.69) is 5.32 Å². The molecule has 0 saturated heterocycles. The fourth-order valence-electron chi connectivity index (χ4n) is 2.63. The highest BCUT2D eigenvalue weighted by Gasteiger charge is 2.32. The van der Waals surface area contributed by atoms with E-state index in [1.807, 2.05) is 0 Å². The molecular weight excluding hydrogens is 234 g/mol. The molecule has 0 aliphatic carbocycles. The molecular formula is C12H13N3O3. The van der Waals surface area contributed by atoms with E-state index in [1.54, 1.807) is 18.9 Å². The first kappa shape index (κ1) is 11.0. The third kappa shape index (κ3) is 1.25. The van der Waals surface area contributed by atoms with Gasteiger partial charge in [-0.1, -0.05) is 0 Å². The zero-order valence-corrected chi connectivity index (χ0v) is 10.2. The van der Waals surface area contributed by atoms with Crippen LogP contribution in [0.15, 0.2) is 4.79 Å². The van der Waals surface area contributed by atoms with Gasteiger partial charge in [-0.3, -0.25) is 19.0 Å². The number of carbonyl (C=O) groups is 2. The fraction of sp³-hybridized carbons (Fsp3) is 0.417. The molecule has 0 bridgehead atoms. The molecule has 0 spiro atoms. The van der Waals surface area contributed by atoms with Crippen LogP contribution in [0.3, 0.4) is 0 Å². The number of fused-ring (bicyclic) bond motifs is 3. The van der Waals surface area contributed by atoms with Crippen molar-refractivity contribution in [3.8, 4) is 0 Å². The molecule has 1 aromatic rings. The zero-order chi connectivity index (χ0) is 13.0.